The van der Waals surface area contributed by atoms with Crippen molar-refractivity contribution in [3.63, 3.8) is 0 Å². The zero-order chi connectivity index (χ0) is 19.4. The Morgan fingerprint density at radius 3 is 2.67 bits per heavy atom. The highest BCUT2D eigenvalue weighted by Gasteiger charge is 2.39. The lowest BCUT2D eigenvalue weighted by atomic mass is 9.95. The molecule has 1 N–H and O–H groups in total. The minimum absolute atomic E-state index is 0.0808. The lowest BCUT2D eigenvalue weighted by Gasteiger charge is -2.14. The third-order valence-corrected chi connectivity index (χ3v) is 4.97. The van der Waals surface area contributed by atoms with Gasteiger partial charge in [-0.25, -0.2) is 0 Å². The van der Waals surface area contributed by atoms with Crippen LogP contribution in [0, 0.1) is 6.92 Å². The smallest absolute Gasteiger partial charge is 0.326 e. The number of aryl methyl sites for hydroxylation is 2. The number of rotatable bonds is 6. The van der Waals surface area contributed by atoms with Gasteiger partial charge in [0.15, 0.2) is 5.69 Å². The Balaban J connectivity index is 1.54. The summed E-state index contributed by atoms with van der Waals surface area (Å²) in [5.41, 5.74) is 2.14. The van der Waals surface area contributed by atoms with Crippen molar-refractivity contribution in [2.45, 2.75) is 64.6 Å². The summed E-state index contributed by atoms with van der Waals surface area (Å²) in [6, 6.07) is 7.54. The molecule has 7 heteroatoms. The number of aromatic nitrogens is 2. The number of unbranched alkanes of at least 4 members (excludes halogenated alkanes) is 1. The number of hydrogen-bond acceptors (Lipinski definition) is 2. The van der Waals surface area contributed by atoms with Gasteiger partial charge in [-0.15, -0.1) is 0 Å². The first kappa shape index (κ1) is 19.5. The van der Waals surface area contributed by atoms with Gasteiger partial charge in [-0.05, 0) is 57.1 Å². The molecule has 0 radical (unpaired) electrons. The molecule has 27 heavy (non-hydrogen) atoms. The first-order valence-electron chi connectivity index (χ1n) is 9.37. The van der Waals surface area contributed by atoms with Gasteiger partial charge in [0, 0.05) is 29.9 Å². The second kappa shape index (κ2) is 8.15. The summed E-state index contributed by atoms with van der Waals surface area (Å²) in [7, 11) is 0. The number of hydrogen-bond donors (Lipinski definition) is 1. The number of nitrogens with one attached hydrogen (secondary N) is 1. The van der Waals surface area contributed by atoms with E-state index in [1.165, 1.54) is 4.68 Å². The van der Waals surface area contributed by atoms with Gasteiger partial charge in [-0.2, -0.15) is 18.3 Å². The molecule has 0 aliphatic heterocycles. The molecule has 0 spiro atoms. The van der Waals surface area contributed by atoms with Crippen molar-refractivity contribution in [1.29, 1.82) is 0 Å². The predicted molar refractivity (Wildman–Crippen MR) is 97.5 cm³/mol. The van der Waals surface area contributed by atoms with E-state index in [1.807, 2.05) is 31.2 Å². The van der Waals surface area contributed by atoms with E-state index in [1.54, 1.807) is 0 Å². The number of amides is 1. The maximum atomic E-state index is 13.2. The van der Waals surface area contributed by atoms with Crippen LogP contribution in [0.25, 0.3) is 0 Å². The van der Waals surface area contributed by atoms with Crippen molar-refractivity contribution in [1.82, 2.24) is 9.78 Å². The molecule has 0 saturated heterocycles. The lowest BCUT2D eigenvalue weighted by molar-refractivity contribution is -0.142. The number of anilines is 1. The Kier molecular flexibility index (Phi) is 5.87. The fourth-order valence-electron chi connectivity index (χ4n) is 3.56. The molecule has 3 rings (SSSR count). The average Bonchev–Trinajstić information content (AvgIpc) is 3.00. The summed E-state index contributed by atoms with van der Waals surface area (Å²) in [4.78, 5) is 12.1. The van der Waals surface area contributed by atoms with Gasteiger partial charge in [0.25, 0.3) is 0 Å². The van der Waals surface area contributed by atoms with Crippen LogP contribution in [0.15, 0.2) is 24.3 Å². The maximum Gasteiger partial charge on any atom is 0.435 e. The Labute approximate surface area is 156 Å². The molecule has 1 aromatic heterocycles. The number of carbonyl (C=O) groups is 1. The van der Waals surface area contributed by atoms with Crippen molar-refractivity contribution in [2.75, 3.05) is 5.32 Å². The number of para-hydroxylation sites is 1. The first-order chi connectivity index (χ1) is 12.9. The minimum Gasteiger partial charge on any atom is -0.326 e. The summed E-state index contributed by atoms with van der Waals surface area (Å²) in [5, 5.41) is 6.72. The van der Waals surface area contributed by atoms with Gasteiger partial charge in [-0.1, -0.05) is 18.2 Å². The Morgan fingerprint density at radius 2 is 1.93 bits per heavy atom. The number of nitrogens with zero attached hydrogens (tertiary/aromatic N) is 2. The third kappa shape index (κ3) is 4.70. The summed E-state index contributed by atoms with van der Waals surface area (Å²) < 4.78 is 41.1. The standard InChI is InChI=1S/C20H24F3N3O/c1-14-8-2-4-10-16(14)24-18(27)12-6-7-13-26-17-11-5-3-9-15(17)19(25-26)20(21,22)23/h2,4,8,10H,3,5-7,9,11-13H2,1H3,(H,24,27). The molecule has 0 unspecified atom stereocenters. The second-order valence-corrected chi connectivity index (χ2v) is 7.02. The van der Waals surface area contributed by atoms with Gasteiger partial charge < -0.3 is 5.32 Å². The molecule has 0 saturated carbocycles. The van der Waals surface area contributed by atoms with Crippen LogP contribution in [0.2, 0.25) is 0 Å². The number of alkyl halides is 3. The summed E-state index contributed by atoms with van der Waals surface area (Å²) in [6.45, 7) is 2.34. The molecule has 1 aliphatic carbocycles. The van der Waals surface area contributed by atoms with Crippen LogP contribution in [0.3, 0.4) is 0 Å². The van der Waals surface area contributed by atoms with E-state index in [0.717, 1.165) is 29.8 Å². The van der Waals surface area contributed by atoms with E-state index in [-0.39, 0.29) is 5.91 Å². The highest BCUT2D eigenvalue weighted by molar-refractivity contribution is 5.91. The van der Waals surface area contributed by atoms with Crippen molar-refractivity contribution in [3.8, 4) is 0 Å². The van der Waals surface area contributed by atoms with Crippen LogP contribution in [0.1, 0.15) is 54.6 Å². The lowest BCUT2D eigenvalue weighted by Crippen LogP contribution is -2.13. The van der Waals surface area contributed by atoms with Gasteiger partial charge in [-0.3, -0.25) is 9.48 Å². The van der Waals surface area contributed by atoms with Crippen molar-refractivity contribution >= 4 is 11.6 Å². The predicted octanol–water partition coefficient (Wildman–Crippen LogP) is 4.90. The van der Waals surface area contributed by atoms with Gasteiger partial charge in [0.05, 0.1) is 0 Å². The Bertz CT molecular complexity index is 811. The quantitative estimate of drug-likeness (QED) is 0.726. The van der Waals surface area contributed by atoms with Crippen molar-refractivity contribution in [2.24, 2.45) is 0 Å². The molecule has 1 heterocycles. The summed E-state index contributed by atoms with van der Waals surface area (Å²) in [6.07, 6.45) is -0.0742. The zero-order valence-electron chi connectivity index (χ0n) is 15.4. The van der Waals surface area contributed by atoms with Crippen LogP contribution in [-0.2, 0) is 30.4 Å². The van der Waals surface area contributed by atoms with E-state index in [0.29, 0.717) is 44.2 Å². The van der Waals surface area contributed by atoms with E-state index in [2.05, 4.69) is 10.4 Å². The van der Waals surface area contributed by atoms with Gasteiger partial charge in [0.1, 0.15) is 0 Å². The van der Waals surface area contributed by atoms with Gasteiger partial charge >= 0.3 is 6.18 Å². The molecular weight excluding hydrogens is 355 g/mol. The fraction of sp³-hybridized carbons (Fsp3) is 0.500. The van der Waals surface area contributed by atoms with Crippen LogP contribution < -0.4 is 5.32 Å². The summed E-state index contributed by atoms with van der Waals surface area (Å²) in [5.74, 6) is -0.0808. The molecule has 2 aromatic rings. The molecule has 1 aromatic carbocycles. The number of carbonyl (C=O) groups excluding carboxylic acids is 1. The first-order valence-corrected chi connectivity index (χ1v) is 9.37. The van der Waals surface area contributed by atoms with E-state index in [4.69, 9.17) is 0 Å². The number of fused-ring (bicyclic) bond motifs is 1. The number of halogens is 3. The SMILES string of the molecule is Cc1ccccc1NC(=O)CCCCn1nc(C(F)(F)F)c2c1CCCC2. The molecular formula is C20H24F3N3O. The minimum atomic E-state index is -4.40. The zero-order valence-corrected chi connectivity index (χ0v) is 15.4. The second-order valence-electron chi connectivity index (χ2n) is 7.02. The highest BCUT2D eigenvalue weighted by atomic mass is 19.4. The normalized spacial score (nSPS) is 14.1. The van der Waals surface area contributed by atoms with Gasteiger partial charge in [0.2, 0.25) is 5.91 Å². The monoisotopic (exact) mass is 379 g/mol. The Hall–Kier alpha value is -2.31. The maximum absolute atomic E-state index is 13.2. The molecule has 4 nitrogen and oxygen atoms in total. The van der Waals surface area contributed by atoms with E-state index >= 15 is 0 Å². The highest BCUT2D eigenvalue weighted by Crippen LogP contribution is 2.35. The Morgan fingerprint density at radius 1 is 1.19 bits per heavy atom. The molecule has 1 aliphatic rings. The molecule has 0 fully saturated rings. The van der Waals surface area contributed by atoms with Crippen LogP contribution >= 0.6 is 0 Å². The average molecular weight is 379 g/mol. The van der Waals surface area contributed by atoms with Crippen LogP contribution in [-0.4, -0.2) is 15.7 Å². The largest absolute Gasteiger partial charge is 0.435 e. The van der Waals surface area contributed by atoms with E-state index in [9.17, 15) is 18.0 Å². The molecule has 0 atom stereocenters. The molecule has 1 amide bonds. The van der Waals surface area contributed by atoms with Crippen molar-refractivity contribution in [3.05, 3.63) is 46.8 Å². The van der Waals surface area contributed by atoms with Crippen LogP contribution in [0.5, 0.6) is 0 Å². The molecule has 146 valence electrons. The third-order valence-electron chi connectivity index (χ3n) is 4.97. The summed E-state index contributed by atoms with van der Waals surface area (Å²) >= 11 is 0. The topological polar surface area (TPSA) is 46.9 Å². The van der Waals surface area contributed by atoms with Crippen molar-refractivity contribution < 1.29 is 18.0 Å². The van der Waals surface area contributed by atoms with Crippen LogP contribution in [0.4, 0.5) is 18.9 Å². The van der Waals surface area contributed by atoms with E-state index < -0.39 is 11.9 Å². The molecule has 0 bridgehead atoms. The number of benzene rings is 1. The fourth-order valence-corrected chi connectivity index (χ4v) is 3.56.